The fourth-order valence-corrected chi connectivity index (χ4v) is 3.50. The molecule has 2 unspecified atom stereocenters. The van der Waals surface area contributed by atoms with E-state index in [0.29, 0.717) is 0 Å². The molecule has 1 heterocycles. The van der Waals surface area contributed by atoms with E-state index in [2.05, 4.69) is 58.7 Å². The highest BCUT2D eigenvalue weighted by molar-refractivity contribution is 5.68. The third-order valence-corrected chi connectivity index (χ3v) is 4.57. The van der Waals surface area contributed by atoms with Gasteiger partial charge in [0.25, 0.3) is 0 Å². The first kappa shape index (κ1) is 18.5. The van der Waals surface area contributed by atoms with Crippen LogP contribution in [0, 0.1) is 0 Å². The van der Waals surface area contributed by atoms with E-state index in [1.165, 1.54) is 11.1 Å². The second kappa shape index (κ2) is 7.92. The predicted octanol–water partition coefficient (Wildman–Crippen LogP) is 4.18. The largest absolute Gasteiger partial charge is 0.444 e. The first-order chi connectivity index (χ1) is 12.4. The van der Waals surface area contributed by atoms with E-state index in [4.69, 9.17) is 4.74 Å². The van der Waals surface area contributed by atoms with Crippen LogP contribution in [0.2, 0.25) is 0 Å². The van der Waals surface area contributed by atoms with Crippen molar-refractivity contribution >= 4 is 6.09 Å². The van der Waals surface area contributed by atoms with Gasteiger partial charge in [0.1, 0.15) is 5.60 Å². The van der Waals surface area contributed by atoms with Gasteiger partial charge in [0, 0.05) is 25.6 Å². The SMILES string of the molecule is CC(C)(C)OC(=O)NC1CN(Cc2ccccc2)CC1c1ccccc1. The molecule has 4 heteroatoms. The van der Waals surface area contributed by atoms with Gasteiger partial charge in [0.15, 0.2) is 0 Å². The van der Waals surface area contributed by atoms with Crippen LogP contribution in [-0.2, 0) is 11.3 Å². The molecule has 2 aromatic carbocycles. The molecule has 1 saturated heterocycles. The highest BCUT2D eigenvalue weighted by Crippen LogP contribution is 2.29. The number of hydrogen-bond donors (Lipinski definition) is 1. The molecule has 1 amide bonds. The topological polar surface area (TPSA) is 41.6 Å². The third-order valence-electron chi connectivity index (χ3n) is 4.57. The number of rotatable bonds is 4. The maximum absolute atomic E-state index is 12.3. The number of carbonyl (C=O) groups excluding carboxylic acids is 1. The number of likely N-dealkylation sites (tertiary alicyclic amines) is 1. The molecule has 2 atom stereocenters. The van der Waals surface area contributed by atoms with Crippen LogP contribution >= 0.6 is 0 Å². The van der Waals surface area contributed by atoms with Crippen LogP contribution in [-0.4, -0.2) is 35.7 Å². The minimum Gasteiger partial charge on any atom is -0.444 e. The molecule has 3 rings (SSSR count). The van der Waals surface area contributed by atoms with Gasteiger partial charge in [-0.15, -0.1) is 0 Å². The summed E-state index contributed by atoms with van der Waals surface area (Å²) in [5, 5.41) is 3.10. The highest BCUT2D eigenvalue weighted by Gasteiger charge is 2.35. The molecular formula is C22H28N2O2. The van der Waals surface area contributed by atoms with Gasteiger partial charge in [-0.3, -0.25) is 4.90 Å². The lowest BCUT2D eigenvalue weighted by Gasteiger charge is -2.24. The van der Waals surface area contributed by atoms with Gasteiger partial charge in [-0.05, 0) is 31.9 Å². The predicted molar refractivity (Wildman–Crippen MR) is 104 cm³/mol. The zero-order valence-electron chi connectivity index (χ0n) is 15.8. The molecule has 138 valence electrons. The van der Waals surface area contributed by atoms with Gasteiger partial charge in [-0.2, -0.15) is 0 Å². The van der Waals surface area contributed by atoms with Crippen LogP contribution in [0.15, 0.2) is 60.7 Å². The molecule has 0 radical (unpaired) electrons. The van der Waals surface area contributed by atoms with Gasteiger partial charge >= 0.3 is 6.09 Å². The Kier molecular flexibility index (Phi) is 5.62. The highest BCUT2D eigenvalue weighted by atomic mass is 16.6. The monoisotopic (exact) mass is 352 g/mol. The second-order valence-corrected chi connectivity index (χ2v) is 7.95. The maximum atomic E-state index is 12.3. The Labute approximate surface area is 156 Å². The first-order valence-electron chi connectivity index (χ1n) is 9.21. The summed E-state index contributed by atoms with van der Waals surface area (Å²) in [4.78, 5) is 14.7. The molecule has 0 spiro atoms. The van der Waals surface area contributed by atoms with Crippen molar-refractivity contribution in [1.29, 1.82) is 0 Å². The Bertz CT molecular complexity index is 710. The Morgan fingerprint density at radius 1 is 1.04 bits per heavy atom. The number of ether oxygens (including phenoxy) is 1. The van der Waals surface area contributed by atoms with E-state index >= 15 is 0 Å². The molecular weight excluding hydrogens is 324 g/mol. The smallest absolute Gasteiger partial charge is 0.407 e. The molecule has 26 heavy (non-hydrogen) atoms. The maximum Gasteiger partial charge on any atom is 0.407 e. The van der Waals surface area contributed by atoms with Gasteiger partial charge < -0.3 is 10.1 Å². The quantitative estimate of drug-likeness (QED) is 0.897. The summed E-state index contributed by atoms with van der Waals surface area (Å²) in [5.74, 6) is 0.257. The zero-order chi connectivity index (χ0) is 18.6. The fourth-order valence-electron chi connectivity index (χ4n) is 3.50. The van der Waals surface area contributed by atoms with Crippen LogP contribution in [0.1, 0.15) is 37.8 Å². The standard InChI is InChI=1S/C22H28N2O2/c1-22(2,3)26-21(25)23-20-16-24(14-17-10-6-4-7-11-17)15-19(20)18-12-8-5-9-13-18/h4-13,19-20H,14-16H2,1-3H3,(H,23,25). The van der Waals surface area contributed by atoms with E-state index in [0.717, 1.165) is 19.6 Å². The van der Waals surface area contributed by atoms with Crippen molar-refractivity contribution < 1.29 is 9.53 Å². The molecule has 1 aliphatic rings. The van der Waals surface area contributed by atoms with Gasteiger partial charge in [-0.1, -0.05) is 60.7 Å². The lowest BCUT2D eigenvalue weighted by atomic mass is 9.94. The van der Waals surface area contributed by atoms with Crippen molar-refractivity contribution in [2.24, 2.45) is 0 Å². The number of benzene rings is 2. The van der Waals surface area contributed by atoms with Crippen LogP contribution in [0.5, 0.6) is 0 Å². The molecule has 1 fully saturated rings. The Balaban J connectivity index is 1.72. The molecule has 1 N–H and O–H groups in total. The summed E-state index contributed by atoms with van der Waals surface area (Å²) in [7, 11) is 0. The minimum atomic E-state index is -0.491. The lowest BCUT2D eigenvalue weighted by molar-refractivity contribution is 0.0502. The number of carbonyl (C=O) groups is 1. The lowest BCUT2D eigenvalue weighted by Crippen LogP contribution is -2.42. The molecule has 1 aliphatic heterocycles. The summed E-state index contributed by atoms with van der Waals surface area (Å²) in [6.07, 6.45) is -0.343. The summed E-state index contributed by atoms with van der Waals surface area (Å²) >= 11 is 0. The summed E-state index contributed by atoms with van der Waals surface area (Å²) in [6.45, 7) is 8.27. The van der Waals surface area contributed by atoms with E-state index in [-0.39, 0.29) is 18.1 Å². The average Bonchev–Trinajstić information content (AvgIpc) is 2.97. The van der Waals surface area contributed by atoms with E-state index < -0.39 is 5.60 Å². The average molecular weight is 352 g/mol. The Morgan fingerprint density at radius 2 is 1.65 bits per heavy atom. The van der Waals surface area contributed by atoms with Gasteiger partial charge in [0.05, 0.1) is 6.04 Å². The van der Waals surface area contributed by atoms with Crippen LogP contribution in [0.25, 0.3) is 0 Å². The molecule has 0 saturated carbocycles. The van der Waals surface area contributed by atoms with Crippen molar-refractivity contribution in [3.63, 3.8) is 0 Å². The van der Waals surface area contributed by atoms with Crippen LogP contribution < -0.4 is 5.32 Å². The van der Waals surface area contributed by atoms with E-state index in [9.17, 15) is 4.79 Å². The van der Waals surface area contributed by atoms with Crippen molar-refractivity contribution in [3.8, 4) is 0 Å². The van der Waals surface area contributed by atoms with Crippen molar-refractivity contribution in [3.05, 3.63) is 71.8 Å². The normalized spacial score (nSPS) is 20.7. The molecule has 4 nitrogen and oxygen atoms in total. The first-order valence-corrected chi connectivity index (χ1v) is 9.21. The third kappa shape index (κ3) is 5.09. The molecule has 0 aliphatic carbocycles. The van der Waals surface area contributed by atoms with Crippen molar-refractivity contribution in [2.45, 2.75) is 44.9 Å². The second-order valence-electron chi connectivity index (χ2n) is 7.95. The van der Waals surface area contributed by atoms with Crippen molar-refractivity contribution in [2.75, 3.05) is 13.1 Å². The number of hydrogen-bond acceptors (Lipinski definition) is 3. The summed E-state index contributed by atoms with van der Waals surface area (Å²) in [6, 6.07) is 20.9. The van der Waals surface area contributed by atoms with Crippen LogP contribution in [0.3, 0.4) is 0 Å². The Morgan fingerprint density at radius 3 is 2.27 bits per heavy atom. The Hall–Kier alpha value is -2.33. The van der Waals surface area contributed by atoms with Crippen LogP contribution in [0.4, 0.5) is 4.79 Å². The molecule has 0 bridgehead atoms. The number of nitrogens with one attached hydrogen (secondary N) is 1. The fraction of sp³-hybridized carbons (Fsp3) is 0.409. The number of amides is 1. The summed E-state index contributed by atoms with van der Waals surface area (Å²) in [5.41, 5.74) is 2.05. The molecule has 2 aromatic rings. The number of nitrogens with zero attached hydrogens (tertiary/aromatic N) is 1. The summed E-state index contributed by atoms with van der Waals surface area (Å²) < 4.78 is 5.47. The van der Waals surface area contributed by atoms with Gasteiger partial charge in [-0.25, -0.2) is 4.79 Å². The number of alkyl carbamates (subject to hydrolysis) is 1. The van der Waals surface area contributed by atoms with Crippen molar-refractivity contribution in [1.82, 2.24) is 10.2 Å². The minimum absolute atomic E-state index is 0.0379. The van der Waals surface area contributed by atoms with E-state index in [1.807, 2.05) is 32.9 Å². The van der Waals surface area contributed by atoms with E-state index in [1.54, 1.807) is 0 Å². The zero-order valence-corrected chi connectivity index (χ0v) is 15.8. The molecule has 0 aromatic heterocycles. The van der Waals surface area contributed by atoms with Gasteiger partial charge in [0.2, 0.25) is 0 Å².